The van der Waals surface area contributed by atoms with Crippen molar-refractivity contribution in [1.29, 1.82) is 0 Å². The van der Waals surface area contributed by atoms with Crippen LogP contribution in [0.5, 0.6) is 0 Å². The molecule has 0 spiro atoms. The molecule has 0 aliphatic rings. The Morgan fingerprint density at radius 1 is 0.776 bits per heavy atom. The van der Waals surface area contributed by atoms with Gasteiger partial charge in [-0.1, -0.05) is 89.1 Å². The Morgan fingerprint density at radius 2 is 1.39 bits per heavy atom. The van der Waals surface area contributed by atoms with Crippen LogP contribution in [0.15, 0.2) is 30.3 Å². The highest BCUT2D eigenvalue weighted by molar-refractivity contribution is 5.80. The summed E-state index contributed by atoms with van der Waals surface area (Å²) in [4.78, 5) is 53.0. The summed E-state index contributed by atoms with van der Waals surface area (Å²) in [6.07, 6.45) is 10.7. The molecule has 0 saturated carbocycles. The minimum absolute atomic E-state index is 0.00139. The number of hydrogen-bond donors (Lipinski definition) is 1. The van der Waals surface area contributed by atoms with E-state index in [1.807, 2.05) is 44.2 Å². The van der Waals surface area contributed by atoms with Crippen molar-refractivity contribution in [1.82, 2.24) is 0 Å². The highest BCUT2D eigenvalue weighted by Crippen LogP contribution is 2.42. The Bertz CT molecular complexity index is 1100. The summed E-state index contributed by atoms with van der Waals surface area (Å²) < 4.78 is 21.5. The highest BCUT2D eigenvalue weighted by atomic mass is 16.6. The lowest BCUT2D eigenvalue weighted by Gasteiger charge is -2.34. The van der Waals surface area contributed by atoms with Crippen LogP contribution in [0.2, 0.25) is 0 Å². The van der Waals surface area contributed by atoms with Gasteiger partial charge in [0, 0.05) is 7.11 Å². The van der Waals surface area contributed by atoms with E-state index in [9.17, 15) is 24.3 Å². The van der Waals surface area contributed by atoms with Crippen molar-refractivity contribution in [2.75, 3.05) is 27.4 Å². The van der Waals surface area contributed by atoms with Crippen LogP contribution in [0.1, 0.15) is 143 Å². The fourth-order valence-corrected chi connectivity index (χ4v) is 6.72. The molecule has 1 N–H and O–H groups in total. The van der Waals surface area contributed by atoms with Crippen molar-refractivity contribution in [2.24, 2.45) is 22.7 Å². The summed E-state index contributed by atoms with van der Waals surface area (Å²) in [5.74, 6) is -4.64. The van der Waals surface area contributed by atoms with Gasteiger partial charge in [-0.05, 0) is 84.1 Å². The van der Waals surface area contributed by atoms with Gasteiger partial charge in [0.25, 0.3) is 0 Å². The fraction of sp³-hybridized carbons (Fsp3) is 0.750. The number of rotatable bonds is 27. The molecule has 0 radical (unpaired) electrons. The molecule has 5 atom stereocenters. The zero-order chi connectivity index (χ0) is 36.9. The number of esters is 3. The van der Waals surface area contributed by atoms with Gasteiger partial charge in [0.15, 0.2) is 0 Å². The smallest absolute Gasteiger partial charge is 0.311 e. The number of carboxylic acid groups (broad SMARTS) is 1. The zero-order valence-corrected chi connectivity index (χ0v) is 31.7. The minimum Gasteiger partial charge on any atom is -0.481 e. The van der Waals surface area contributed by atoms with Gasteiger partial charge in [0.1, 0.15) is 6.61 Å². The third kappa shape index (κ3) is 16.5. The lowest BCUT2D eigenvalue weighted by Crippen LogP contribution is -2.38. The van der Waals surface area contributed by atoms with Gasteiger partial charge in [-0.2, -0.15) is 0 Å². The molecular weight excluding hydrogens is 624 g/mol. The number of carboxylic acids is 1. The molecule has 0 amide bonds. The van der Waals surface area contributed by atoms with E-state index in [1.165, 1.54) is 46.3 Å². The number of unbranched alkanes of at least 4 members (excludes halogenated alkanes) is 7. The lowest BCUT2D eigenvalue weighted by molar-refractivity contribution is -0.161. The molecule has 49 heavy (non-hydrogen) atoms. The van der Waals surface area contributed by atoms with Crippen molar-refractivity contribution in [3.63, 3.8) is 0 Å². The molecule has 9 heteroatoms. The zero-order valence-electron chi connectivity index (χ0n) is 31.7. The molecule has 0 aromatic heterocycles. The summed E-state index contributed by atoms with van der Waals surface area (Å²) >= 11 is 0. The predicted octanol–water partition coefficient (Wildman–Crippen LogP) is 8.92. The maximum absolute atomic E-state index is 13.8. The predicted molar refractivity (Wildman–Crippen MR) is 192 cm³/mol. The molecule has 9 nitrogen and oxygen atoms in total. The first-order chi connectivity index (χ1) is 23.2. The van der Waals surface area contributed by atoms with E-state index < -0.39 is 46.5 Å². The third-order valence-corrected chi connectivity index (χ3v) is 9.70. The van der Waals surface area contributed by atoms with E-state index in [0.717, 1.165) is 31.2 Å². The molecule has 1 rings (SSSR count). The second-order valence-electron chi connectivity index (χ2n) is 14.7. The Kier molecular flexibility index (Phi) is 21.1. The average molecular weight is 691 g/mol. The quantitative estimate of drug-likeness (QED) is 0.0547. The monoisotopic (exact) mass is 690 g/mol. The van der Waals surface area contributed by atoms with Crippen LogP contribution in [-0.2, 0) is 38.1 Å². The number of carbonyl (C=O) groups excluding carboxylic acids is 3. The molecular formula is C40H66O9. The second-order valence-corrected chi connectivity index (χ2v) is 14.7. The van der Waals surface area contributed by atoms with Crippen molar-refractivity contribution in [3.8, 4) is 0 Å². The largest absolute Gasteiger partial charge is 0.481 e. The Labute approximate surface area is 296 Å². The first-order valence-corrected chi connectivity index (χ1v) is 18.5. The van der Waals surface area contributed by atoms with Gasteiger partial charge in [-0.15, -0.1) is 0 Å². The molecule has 5 unspecified atom stereocenters. The van der Waals surface area contributed by atoms with E-state index in [2.05, 4.69) is 6.92 Å². The normalized spacial score (nSPS) is 15.3. The fourth-order valence-electron chi connectivity index (χ4n) is 6.72. The standard InChI is InChI=1S/C40H66O9/c1-9-11-12-13-14-15-16-18-21-30(3)49-36(43)34(27-39(4,5)37(44)48-25-24-46-7)26-33(35(41)42)29-40(6,38(45)47-8)28-31(10-2)32-22-19-17-20-23-32/h17,19-20,22-23,30-31,33-34H,9-16,18,21,24-29H2,1-8H3,(H,41,42). The number of carbonyl (C=O) groups is 4. The first-order valence-electron chi connectivity index (χ1n) is 18.5. The van der Waals surface area contributed by atoms with Crippen molar-refractivity contribution >= 4 is 23.9 Å². The Hall–Kier alpha value is -2.94. The van der Waals surface area contributed by atoms with Gasteiger partial charge < -0.3 is 24.1 Å². The first kappa shape index (κ1) is 44.1. The molecule has 0 saturated heterocycles. The number of methoxy groups -OCH3 is 2. The Balaban J connectivity index is 3.20. The second kappa shape index (κ2) is 23.5. The average Bonchev–Trinajstić information content (AvgIpc) is 3.07. The highest BCUT2D eigenvalue weighted by Gasteiger charge is 2.44. The molecule has 0 aliphatic carbocycles. The summed E-state index contributed by atoms with van der Waals surface area (Å²) in [5.41, 5.74) is -1.18. The maximum atomic E-state index is 13.8. The lowest BCUT2D eigenvalue weighted by atomic mass is 9.70. The van der Waals surface area contributed by atoms with Gasteiger partial charge in [0.05, 0.1) is 42.5 Å². The van der Waals surface area contributed by atoms with Crippen LogP contribution in [0.4, 0.5) is 0 Å². The number of ether oxygens (including phenoxy) is 4. The van der Waals surface area contributed by atoms with Gasteiger partial charge >= 0.3 is 23.9 Å². The van der Waals surface area contributed by atoms with E-state index >= 15 is 0 Å². The van der Waals surface area contributed by atoms with Crippen molar-refractivity contribution in [2.45, 2.75) is 143 Å². The molecule has 0 aliphatic heterocycles. The van der Waals surface area contributed by atoms with Crippen LogP contribution < -0.4 is 0 Å². The summed E-state index contributed by atoms with van der Waals surface area (Å²) in [7, 11) is 2.82. The van der Waals surface area contributed by atoms with Crippen LogP contribution in [0, 0.1) is 22.7 Å². The van der Waals surface area contributed by atoms with E-state index in [-0.39, 0.29) is 44.5 Å². The van der Waals surface area contributed by atoms with E-state index in [4.69, 9.17) is 18.9 Å². The van der Waals surface area contributed by atoms with Crippen LogP contribution in [-0.4, -0.2) is 62.5 Å². The molecule has 0 fully saturated rings. The Morgan fingerprint density at radius 3 is 1.94 bits per heavy atom. The van der Waals surface area contributed by atoms with Gasteiger partial charge in [0.2, 0.25) is 0 Å². The summed E-state index contributed by atoms with van der Waals surface area (Å²) in [5, 5.41) is 10.5. The topological polar surface area (TPSA) is 125 Å². The SMILES string of the molecule is CCCCCCCCCCC(C)OC(=O)C(CC(CC(C)(CC(CC)c1ccccc1)C(=O)OC)C(=O)O)CC(C)(C)C(=O)OCCOC. The molecule has 1 aromatic rings. The van der Waals surface area contributed by atoms with Crippen LogP contribution >= 0.6 is 0 Å². The van der Waals surface area contributed by atoms with Crippen LogP contribution in [0.25, 0.3) is 0 Å². The molecule has 0 heterocycles. The third-order valence-electron chi connectivity index (χ3n) is 9.70. The van der Waals surface area contributed by atoms with E-state index in [1.54, 1.807) is 20.8 Å². The number of benzene rings is 1. The summed E-state index contributed by atoms with van der Waals surface area (Å²) in [6, 6.07) is 9.84. The number of aliphatic carboxylic acids is 1. The minimum atomic E-state index is -1.14. The summed E-state index contributed by atoms with van der Waals surface area (Å²) in [6.45, 7) is 11.5. The molecule has 1 aromatic carbocycles. The van der Waals surface area contributed by atoms with E-state index in [0.29, 0.717) is 12.8 Å². The van der Waals surface area contributed by atoms with Gasteiger partial charge in [-0.25, -0.2) is 0 Å². The van der Waals surface area contributed by atoms with Crippen molar-refractivity contribution < 1.29 is 43.2 Å². The molecule has 280 valence electrons. The molecule has 0 bridgehead atoms. The van der Waals surface area contributed by atoms with Crippen molar-refractivity contribution in [3.05, 3.63) is 35.9 Å². The number of hydrogen-bond acceptors (Lipinski definition) is 8. The maximum Gasteiger partial charge on any atom is 0.311 e. The van der Waals surface area contributed by atoms with Gasteiger partial charge in [-0.3, -0.25) is 19.2 Å². The van der Waals surface area contributed by atoms with Crippen LogP contribution in [0.3, 0.4) is 0 Å².